The van der Waals surface area contributed by atoms with Gasteiger partial charge in [0.25, 0.3) is 10.0 Å². The van der Waals surface area contributed by atoms with Crippen molar-refractivity contribution in [3.8, 4) is 11.5 Å². The van der Waals surface area contributed by atoms with E-state index in [2.05, 4.69) is 5.32 Å². The SMILES string of the molecule is COc1ccc(OC)c(N(CC(=O)N(Cc2cccc(C)c2)C(C)C(=O)NCC(C)C)S(=O)(=O)c2ccc(C)cc2)c1. The third-order valence-corrected chi connectivity index (χ3v) is 8.60. The summed E-state index contributed by atoms with van der Waals surface area (Å²) in [7, 11) is -1.36. The van der Waals surface area contributed by atoms with E-state index in [9.17, 15) is 18.0 Å². The minimum absolute atomic E-state index is 0.0127. The summed E-state index contributed by atoms with van der Waals surface area (Å²) < 4.78 is 40.2. The molecule has 0 aliphatic carbocycles. The fourth-order valence-electron chi connectivity index (χ4n) is 4.38. The number of carbonyl (C=O) groups is 2. The molecule has 0 radical (unpaired) electrons. The van der Waals surface area contributed by atoms with Crippen LogP contribution in [0.5, 0.6) is 11.5 Å². The molecule has 9 nitrogen and oxygen atoms in total. The van der Waals surface area contributed by atoms with Crippen LogP contribution in [0.1, 0.15) is 37.5 Å². The molecule has 1 atom stereocenters. The molecule has 0 aliphatic rings. The summed E-state index contributed by atoms with van der Waals surface area (Å²) in [4.78, 5) is 28.7. The van der Waals surface area contributed by atoms with Gasteiger partial charge in [0.15, 0.2) is 0 Å². The summed E-state index contributed by atoms with van der Waals surface area (Å²) >= 11 is 0. The van der Waals surface area contributed by atoms with Crippen LogP contribution in [0.25, 0.3) is 0 Å². The number of amides is 2. The van der Waals surface area contributed by atoms with Crippen molar-refractivity contribution in [2.45, 2.75) is 52.1 Å². The van der Waals surface area contributed by atoms with Crippen LogP contribution in [-0.2, 0) is 26.2 Å². The molecule has 0 bridgehead atoms. The van der Waals surface area contributed by atoms with E-state index in [0.717, 1.165) is 21.0 Å². The quantitative estimate of drug-likeness (QED) is 0.307. The van der Waals surface area contributed by atoms with Crippen molar-refractivity contribution in [2.75, 3.05) is 31.6 Å². The van der Waals surface area contributed by atoms with Gasteiger partial charge in [0, 0.05) is 19.2 Å². The lowest BCUT2D eigenvalue weighted by atomic mass is 10.1. The number of nitrogens with one attached hydrogen (secondary N) is 1. The van der Waals surface area contributed by atoms with Crippen molar-refractivity contribution in [1.82, 2.24) is 10.2 Å². The predicted molar refractivity (Wildman–Crippen MR) is 164 cm³/mol. The molecule has 10 heteroatoms. The highest BCUT2D eigenvalue weighted by Gasteiger charge is 2.34. The van der Waals surface area contributed by atoms with Gasteiger partial charge < -0.3 is 19.7 Å². The van der Waals surface area contributed by atoms with Crippen molar-refractivity contribution in [3.63, 3.8) is 0 Å². The molecule has 3 aromatic rings. The second kappa shape index (κ2) is 14.2. The molecule has 2 amide bonds. The van der Waals surface area contributed by atoms with Gasteiger partial charge in [-0.05, 0) is 56.5 Å². The second-order valence-electron chi connectivity index (χ2n) is 10.7. The Balaban J connectivity index is 2.11. The van der Waals surface area contributed by atoms with Crippen LogP contribution >= 0.6 is 0 Å². The molecule has 1 unspecified atom stereocenters. The van der Waals surface area contributed by atoms with Gasteiger partial charge in [-0.1, -0.05) is 61.4 Å². The predicted octanol–water partition coefficient (Wildman–Crippen LogP) is 4.71. The van der Waals surface area contributed by atoms with E-state index in [1.807, 2.05) is 52.0 Å². The van der Waals surface area contributed by atoms with Gasteiger partial charge in [-0.2, -0.15) is 0 Å². The van der Waals surface area contributed by atoms with Crippen LogP contribution in [0.2, 0.25) is 0 Å². The minimum atomic E-state index is -4.25. The molecular weight excluding hydrogens is 554 g/mol. The van der Waals surface area contributed by atoms with Crippen LogP contribution in [0.15, 0.2) is 71.6 Å². The Morgan fingerprint density at radius 2 is 1.57 bits per heavy atom. The van der Waals surface area contributed by atoms with Crippen molar-refractivity contribution >= 4 is 27.5 Å². The molecule has 0 aliphatic heterocycles. The normalized spacial score (nSPS) is 12.0. The van der Waals surface area contributed by atoms with Crippen LogP contribution < -0.4 is 19.1 Å². The molecule has 226 valence electrons. The smallest absolute Gasteiger partial charge is 0.264 e. The Kier molecular flexibility index (Phi) is 11.0. The molecular formula is C32H41N3O6S. The van der Waals surface area contributed by atoms with E-state index in [4.69, 9.17) is 9.47 Å². The Morgan fingerprint density at radius 3 is 2.17 bits per heavy atom. The summed E-state index contributed by atoms with van der Waals surface area (Å²) in [6, 6.07) is 17.9. The summed E-state index contributed by atoms with van der Waals surface area (Å²) in [5, 5.41) is 2.89. The number of nitrogens with zero attached hydrogens (tertiary/aromatic N) is 2. The molecule has 0 heterocycles. The van der Waals surface area contributed by atoms with E-state index in [1.54, 1.807) is 31.2 Å². The Bertz CT molecular complexity index is 1490. The average molecular weight is 596 g/mol. The molecule has 0 spiro atoms. The van der Waals surface area contributed by atoms with Gasteiger partial charge in [-0.15, -0.1) is 0 Å². The molecule has 1 N–H and O–H groups in total. The van der Waals surface area contributed by atoms with Gasteiger partial charge in [-0.3, -0.25) is 13.9 Å². The van der Waals surface area contributed by atoms with Crippen LogP contribution in [-0.4, -0.2) is 58.5 Å². The zero-order valence-electron chi connectivity index (χ0n) is 25.4. The molecule has 0 fully saturated rings. The van der Waals surface area contributed by atoms with E-state index in [0.29, 0.717) is 12.3 Å². The van der Waals surface area contributed by atoms with Crippen molar-refractivity contribution < 1.29 is 27.5 Å². The van der Waals surface area contributed by atoms with Gasteiger partial charge >= 0.3 is 0 Å². The molecule has 3 aromatic carbocycles. The number of hydrogen-bond acceptors (Lipinski definition) is 6. The average Bonchev–Trinajstić information content (AvgIpc) is 2.96. The van der Waals surface area contributed by atoms with Crippen molar-refractivity contribution in [2.24, 2.45) is 5.92 Å². The van der Waals surface area contributed by atoms with E-state index in [1.165, 1.54) is 37.3 Å². The number of hydrogen-bond donors (Lipinski definition) is 1. The zero-order valence-corrected chi connectivity index (χ0v) is 26.2. The Labute approximate surface area is 249 Å². The number of rotatable bonds is 13. The van der Waals surface area contributed by atoms with Gasteiger partial charge in [-0.25, -0.2) is 8.42 Å². The molecule has 3 rings (SSSR count). The zero-order chi connectivity index (χ0) is 31.0. The van der Waals surface area contributed by atoms with Crippen molar-refractivity contribution in [1.29, 1.82) is 0 Å². The lowest BCUT2D eigenvalue weighted by Gasteiger charge is -2.32. The highest BCUT2D eigenvalue weighted by Crippen LogP contribution is 2.36. The highest BCUT2D eigenvalue weighted by atomic mass is 32.2. The molecule has 0 saturated carbocycles. The highest BCUT2D eigenvalue weighted by molar-refractivity contribution is 7.92. The third kappa shape index (κ3) is 8.03. The first-order valence-corrected chi connectivity index (χ1v) is 15.3. The second-order valence-corrected chi connectivity index (χ2v) is 12.6. The van der Waals surface area contributed by atoms with Gasteiger partial charge in [0.1, 0.15) is 24.1 Å². The summed E-state index contributed by atoms with van der Waals surface area (Å²) in [5.41, 5.74) is 2.85. The van der Waals surface area contributed by atoms with E-state index in [-0.39, 0.29) is 34.7 Å². The van der Waals surface area contributed by atoms with E-state index >= 15 is 0 Å². The fraction of sp³-hybridized carbons (Fsp3) is 0.375. The monoisotopic (exact) mass is 595 g/mol. The topological polar surface area (TPSA) is 105 Å². The Morgan fingerprint density at radius 1 is 0.881 bits per heavy atom. The number of benzene rings is 3. The van der Waals surface area contributed by atoms with Crippen LogP contribution in [0, 0.1) is 19.8 Å². The largest absolute Gasteiger partial charge is 0.497 e. The maximum Gasteiger partial charge on any atom is 0.264 e. The van der Waals surface area contributed by atoms with Gasteiger partial charge in [0.05, 0.1) is 24.8 Å². The van der Waals surface area contributed by atoms with E-state index < -0.39 is 28.5 Å². The van der Waals surface area contributed by atoms with Gasteiger partial charge in [0.2, 0.25) is 11.8 Å². The van der Waals surface area contributed by atoms with Crippen LogP contribution in [0.3, 0.4) is 0 Å². The maximum atomic E-state index is 14.2. The number of carbonyl (C=O) groups excluding carboxylic acids is 2. The molecule has 0 aromatic heterocycles. The van der Waals surface area contributed by atoms with Crippen molar-refractivity contribution in [3.05, 3.63) is 83.4 Å². The molecule has 42 heavy (non-hydrogen) atoms. The maximum absolute atomic E-state index is 14.2. The number of aryl methyl sites for hydroxylation is 2. The first kappa shape index (κ1) is 32.5. The van der Waals surface area contributed by atoms with Crippen LogP contribution in [0.4, 0.5) is 5.69 Å². The first-order chi connectivity index (χ1) is 19.9. The number of sulfonamides is 1. The standard InChI is InChI=1S/C32H41N3O6S/c1-22(2)19-33-32(37)25(5)34(20-26-10-8-9-24(4)17-26)31(36)21-35(29-18-27(40-6)13-16-30(29)41-7)42(38,39)28-14-11-23(3)12-15-28/h8-18,22,25H,19-21H2,1-7H3,(H,33,37). The summed E-state index contributed by atoms with van der Waals surface area (Å²) in [6.45, 7) is 9.40. The first-order valence-electron chi connectivity index (χ1n) is 13.8. The summed E-state index contributed by atoms with van der Waals surface area (Å²) in [6.07, 6.45) is 0. The fourth-order valence-corrected chi connectivity index (χ4v) is 5.80. The number of ether oxygens (including phenoxy) is 2. The Hall–Kier alpha value is -4.05. The molecule has 0 saturated heterocycles. The lowest BCUT2D eigenvalue weighted by Crippen LogP contribution is -2.51. The third-order valence-electron chi connectivity index (χ3n) is 6.83. The summed E-state index contributed by atoms with van der Waals surface area (Å²) in [5.74, 6) is -0.0220. The minimum Gasteiger partial charge on any atom is -0.497 e. The number of anilines is 1. The number of methoxy groups -OCH3 is 2. The lowest BCUT2D eigenvalue weighted by molar-refractivity contribution is -0.139.